The number of benzene rings is 1. The SMILES string of the molecule is c1cc(CNC2CC2)cc(OCc2cccs2)c1. The molecular formula is C15H17NOS. The molecule has 3 heteroatoms. The molecule has 0 saturated heterocycles. The van der Waals surface area contributed by atoms with E-state index in [9.17, 15) is 0 Å². The fourth-order valence-electron chi connectivity index (χ4n) is 1.84. The van der Waals surface area contributed by atoms with Crippen LogP contribution in [0.3, 0.4) is 0 Å². The van der Waals surface area contributed by atoms with Gasteiger partial charge in [-0.05, 0) is 42.0 Å². The Bertz CT molecular complexity index is 491. The summed E-state index contributed by atoms with van der Waals surface area (Å²) >= 11 is 1.73. The third kappa shape index (κ3) is 3.34. The number of ether oxygens (including phenoxy) is 1. The summed E-state index contributed by atoms with van der Waals surface area (Å²) < 4.78 is 5.80. The lowest BCUT2D eigenvalue weighted by Crippen LogP contribution is -2.15. The van der Waals surface area contributed by atoms with Gasteiger partial charge in [0.25, 0.3) is 0 Å². The predicted octanol–water partition coefficient (Wildman–Crippen LogP) is 3.58. The van der Waals surface area contributed by atoms with Gasteiger partial charge < -0.3 is 10.1 Å². The average molecular weight is 259 g/mol. The van der Waals surface area contributed by atoms with Crippen molar-refractivity contribution in [1.82, 2.24) is 5.32 Å². The molecule has 1 aliphatic carbocycles. The summed E-state index contributed by atoms with van der Waals surface area (Å²) in [6.45, 7) is 1.61. The Morgan fingerprint density at radius 1 is 1.22 bits per heavy atom. The van der Waals surface area contributed by atoms with Crippen LogP contribution < -0.4 is 10.1 Å². The number of rotatable bonds is 6. The highest BCUT2D eigenvalue weighted by Crippen LogP contribution is 2.21. The zero-order valence-corrected chi connectivity index (χ0v) is 11.1. The Kier molecular flexibility index (Phi) is 3.62. The summed E-state index contributed by atoms with van der Waals surface area (Å²) in [7, 11) is 0. The molecule has 1 fully saturated rings. The number of nitrogens with one attached hydrogen (secondary N) is 1. The molecule has 0 bridgehead atoms. The van der Waals surface area contributed by atoms with Crippen molar-refractivity contribution >= 4 is 11.3 Å². The summed E-state index contributed by atoms with van der Waals surface area (Å²) in [6, 6.07) is 13.3. The Morgan fingerprint density at radius 2 is 2.17 bits per heavy atom. The summed E-state index contributed by atoms with van der Waals surface area (Å²) in [6.07, 6.45) is 2.66. The van der Waals surface area contributed by atoms with Gasteiger partial charge in [-0.15, -0.1) is 11.3 Å². The number of thiophene rings is 1. The minimum atomic E-state index is 0.664. The molecule has 18 heavy (non-hydrogen) atoms. The first-order valence-corrected chi connectivity index (χ1v) is 7.25. The molecular weight excluding hydrogens is 242 g/mol. The first-order valence-electron chi connectivity index (χ1n) is 6.38. The first kappa shape index (κ1) is 11.8. The molecule has 1 heterocycles. The van der Waals surface area contributed by atoms with Gasteiger partial charge in [-0.1, -0.05) is 18.2 Å². The van der Waals surface area contributed by atoms with Crippen molar-refractivity contribution in [2.24, 2.45) is 0 Å². The number of hydrogen-bond acceptors (Lipinski definition) is 3. The summed E-state index contributed by atoms with van der Waals surface area (Å²) in [5, 5.41) is 5.59. The second-order valence-corrected chi connectivity index (χ2v) is 5.70. The first-order chi connectivity index (χ1) is 8.90. The minimum Gasteiger partial charge on any atom is -0.488 e. The smallest absolute Gasteiger partial charge is 0.122 e. The second-order valence-electron chi connectivity index (χ2n) is 4.67. The Balaban J connectivity index is 1.55. The van der Waals surface area contributed by atoms with Gasteiger partial charge in [0.1, 0.15) is 12.4 Å². The molecule has 1 aliphatic rings. The van der Waals surface area contributed by atoms with Crippen LogP contribution in [0, 0.1) is 0 Å². The van der Waals surface area contributed by atoms with Crippen molar-refractivity contribution in [3.63, 3.8) is 0 Å². The van der Waals surface area contributed by atoms with Crippen molar-refractivity contribution < 1.29 is 4.74 Å². The maximum absolute atomic E-state index is 5.80. The largest absolute Gasteiger partial charge is 0.488 e. The third-order valence-corrected chi connectivity index (χ3v) is 3.88. The van der Waals surface area contributed by atoms with E-state index in [2.05, 4.69) is 41.0 Å². The zero-order valence-electron chi connectivity index (χ0n) is 10.3. The van der Waals surface area contributed by atoms with Gasteiger partial charge in [-0.3, -0.25) is 0 Å². The van der Waals surface area contributed by atoms with Crippen LogP contribution in [-0.4, -0.2) is 6.04 Å². The third-order valence-electron chi connectivity index (χ3n) is 3.03. The molecule has 1 aromatic carbocycles. The molecule has 94 valence electrons. The molecule has 1 N–H and O–H groups in total. The van der Waals surface area contributed by atoms with E-state index in [0.29, 0.717) is 6.61 Å². The maximum Gasteiger partial charge on any atom is 0.122 e. The fraction of sp³-hybridized carbons (Fsp3) is 0.333. The van der Waals surface area contributed by atoms with Gasteiger partial charge in [-0.25, -0.2) is 0 Å². The van der Waals surface area contributed by atoms with Crippen LogP contribution in [0.15, 0.2) is 41.8 Å². The molecule has 3 rings (SSSR count). The van der Waals surface area contributed by atoms with E-state index in [1.54, 1.807) is 11.3 Å². The van der Waals surface area contributed by atoms with Gasteiger partial charge in [0, 0.05) is 17.5 Å². The molecule has 0 amide bonds. The molecule has 0 radical (unpaired) electrons. The van der Waals surface area contributed by atoms with Crippen molar-refractivity contribution in [3.05, 3.63) is 52.2 Å². The van der Waals surface area contributed by atoms with Gasteiger partial charge >= 0.3 is 0 Å². The van der Waals surface area contributed by atoms with Gasteiger partial charge in [0.05, 0.1) is 0 Å². The topological polar surface area (TPSA) is 21.3 Å². The molecule has 1 saturated carbocycles. The lowest BCUT2D eigenvalue weighted by molar-refractivity contribution is 0.309. The molecule has 0 spiro atoms. The molecule has 0 aliphatic heterocycles. The van der Waals surface area contributed by atoms with Crippen LogP contribution in [0.25, 0.3) is 0 Å². The van der Waals surface area contributed by atoms with Crippen molar-refractivity contribution in [1.29, 1.82) is 0 Å². The van der Waals surface area contributed by atoms with E-state index in [1.807, 2.05) is 6.07 Å². The monoisotopic (exact) mass is 259 g/mol. The Hall–Kier alpha value is -1.32. The second kappa shape index (κ2) is 5.55. The Labute approximate surface area is 112 Å². The standard InChI is InChI=1S/C15H17NOS/c1-3-12(10-16-13-6-7-13)9-14(4-1)17-11-15-5-2-8-18-15/h1-5,8-9,13,16H,6-7,10-11H2. The Morgan fingerprint density at radius 3 is 2.94 bits per heavy atom. The lowest BCUT2D eigenvalue weighted by Gasteiger charge is -2.07. The molecule has 2 nitrogen and oxygen atoms in total. The molecule has 0 unspecified atom stereocenters. The van der Waals surface area contributed by atoms with E-state index in [0.717, 1.165) is 18.3 Å². The normalized spacial score (nSPS) is 14.7. The molecule has 0 atom stereocenters. The highest BCUT2D eigenvalue weighted by atomic mass is 32.1. The van der Waals surface area contributed by atoms with Crippen molar-refractivity contribution in [2.75, 3.05) is 0 Å². The van der Waals surface area contributed by atoms with Crippen LogP contribution in [0.2, 0.25) is 0 Å². The van der Waals surface area contributed by atoms with E-state index >= 15 is 0 Å². The average Bonchev–Trinajstić information content (AvgIpc) is 3.09. The van der Waals surface area contributed by atoms with Crippen LogP contribution in [0.1, 0.15) is 23.3 Å². The molecule has 2 aromatic rings. The van der Waals surface area contributed by atoms with E-state index in [-0.39, 0.29) is 0 Å². The summed E-state index contributed by atoms with van der Waals surface area (Å²) in [5.74, 6) is 0.957. The van der Waals surface area contributed by atoms with E-state index < -0.39 is 0 Å². The predicted molar refractivity (Wildman–Crippen MR) is 75.0 cm³/mol. The fourth-order valence-corrected chi connectivity index (χ4v) is 2.46. The molecule has 1 aromatic heterocycles. The van der Waals surface area contributed by atoms with Crippen molar-refractivity contribution in [3.8, 4) is 5.75 Å². The van der Waals surface area contributed by atoms with E-state index in [1.165, 1.54) is 23.3 Å². The van der Waals surface area contributed by atoms with Crippen LogP contribution in [-0.2, 0) is 13.2 Å². The van der Waals surface area contributed by atoms with Gasteiger partial charge in [0.2, 0.25) is 0 Å². The zero-order chi connectivity index (χ0) is 12.2. The minimum absolute atomic E-state index is 0.664. The summed E-state index contributed by atoms with van der Waals surface area (Å²) in [4.78, 5) is 1.26. The van der Waals surface area contributed by atoms with Gasteiger partial charge in [-0.2, -0.15) is 0 Å². The maximum atomic E-state index is 5.80. The highest BCUT2D eigenvalue weighted by Gasteiger charge is 2.19. The van der Waals surface area contributed by atoms with Gasteiger partial charge in [0.15, 0.2) is 0 Å². The van der Waals surface area contributed by atoms with E-state index in [4.69, 9.17) is 4.74 Å². The quantitative estimate of drug-likeness (QED) is 0.856. The summed E-state index contributed by atoms with van der Waals surface area (Å²) in [5.41, 5.74) is 1.30. The highest BCUT2D eigenvalue weighted by molar-refractivity contribution is 7.09. The van der Waals surface area contributed by atoms with Crippen LogP contribution in [0.4, 0.5) is 0 Å². The van der Waals surface area contributed by atoms with Crippen molar-refractivity contribution in [2.45, 2.75) is 32.0 Å². The lowest BCUT2D eigenvalue weighted by atomic mass is 10.2. The van der Waals surface area contributed by atoms with Crippen LogP contribution in [0.5, 0.6) is 5.75 Å². The number of hydrogen-bond donors (Lipinski definition) is 1. The van der Waals surface area contributed by atoms with Crippen LogP contribution >= 0.6 is 11.3 Å².